The molecule has 1 saturated heterocycles. The van der Waals surface area contributed by atoms with Crippen LogP contribution in [0.25, 0.3) is 0 Å². The highest BCUT2D eigenvalue weighted by Crippen LogP contribution is 2.36. The first-order valence-corrected chi connectivity index (χ1v) is 12.7. The standard InChI is InChI=1S/C24H37N3O3S/c1-4-15-31-22-19(21(28)25-18-10-6-5-7-11-18)12-13-20(26-22)27-14-8-9-17(16-27)24(2,3)23(29)30/h12-13,17-18H,4-11,14-16H2,1-3H3,(H,25,28)(H,29,30). The molecule has 172 valence electrons. The van der Waals surface area contributed by atoms with Gasteiger partial charge >= 0.3 is 5.97 Å². The summed E-state index contributed by atoms with van der Waals surface area (Å²) in [5.41, 5.74) is -0.106. The summed E-state index contributed by atoms with van der Waals surface area (Å²) in [6.45, 7) is 7.31. The van der Waals surface area contributed by atoms with Gasteiger partial charge in [0.25, 0.3) is 5.91 Å². The predicted molar refractivity (Wildman–Crippen MR) is 126 cm³/mol. The van der Waals surface area contributed by atoms with Gasteiger partial charge in [-0.3, -0.25) is 9.59 Å². The minimum absolute atomic E-state index is 0.0203. The van der Waals surface area contributed by atoms with Gasteiger partial charge in [0.1, 0.15) is 10.8 Å². The zero-order valence-corrected chi connectivity index (χ0v) is 20.0. The lowest BCUT2D eigenvalue weighted by Gasteiger charge is -2.39. The molecule has 2 aliphatic rings. The number of hydrogen-bond donors (Lipinski definition) is 2. The van der Waals surface area contributed by atoms with E-state index in [2.05, 4.69) is 17.1 Å². The molecule has 2 fully saturated rings. The summed E-state index contributed by atoms with van der Waals surface area (Å²) in [5, 5.41) is 13.6. The summed E-state index contributed by atoms with van der Waals surface area (Å²) in [6, 6.07) is 4.11. The Morgan fingerprint density at radius 2 is 1.94 bits per heavy atom. The molecular formula is C24H37N3O3S. The van der Waals surface area contributed by atoms with Gasteiger partial charge in [-0.1, -0.05) is 26.2 Å². The van der Waals surface area contributed by atoms with E-state index >= 15 is 0 Å². The lowest BCUT2D eigenvalue weighted by Crippen LogP contribution is -2.45. The number of aromatic nitrogens is 1. The first kappa shape index (κ1) is 23.9. The van der Waals surface area contributed by atoms with Crippen molar-refractivity contribution in [2.75, 3.05) is 23.7 Å². The maximum absolute atomic E-state index is 13.0. The first-order valence-electron chi connectivity index (χ1n) is 11.8. The molecule has 2 heterocycles. The molecule has 0 aromatic carbocycles. The molecule has 1 saturated carbocycles. The Kier molecular flexibility index (Phi) is 8.25. The molecule has 1 aliphatic carbocycles. The predicted octanol–water partition coefficient (Wildman–Crippen LogP) is 4.97. The number of carboxylic acids is 1. The lowest BCUT2D eigenvalue weighted by molar-refractivity contribution is -0.150. The lowest BCUT2D eigenvalue weighted by atomic mass is 9.74. The van der Waals surface area contributed by atoms with Gasteiger partial charge in [0.15, 0.2) is 0 Å². The van der Waals surface area contributed by atoms with Crippen LogP contribution in [0.2, 0.25) is 0 Å². The van der Waals surface area contributed by atoms with Crippen LogP contribution in [0.4, 0.5) is 5.82 Å². The maximum Gasteiger partial charge on any atom is 0.309 e. The maximum atomic E-state index is 13.0. The largest absolute Gasteiger partial charge is 0.481 e. The molecule has 1 amide bonds. The molecule has 1 aromatic heterocycles. The molecule has 0 spiro atoms. The molecule has 2 N–H and O–H groups in total. The van der Waals surface area contributed by atoms with E-state index in [-0.39, 0.29) is 17.9 Å². The van der Waals surface area contributed by atoms with Crippen molar-refractivity contribution in [2.45, 2.75) is 83.2 Å². The van der Waals surface area contributed by atoms with Crippen LogP contribution in [0.15, 0.2) is 17.2 Å². The molecule has 1 atom stereocenters. The Hall–Kier alpha value is -1.76. The third-order valence-electron chi connectivity index (χ3n) is 6.79. The Labute approximate surface area is 190 Å². The second-order valence-corrected chi connectivity index (χ2v) is 10.6. The second kappa shape index (κ2) is 10.7. The van der Waals surface area contributed by atoms with Crippen LogP contribution in [0.1, 0.15) is 82.5 Å². The molecule has 0 bridgehead atoms. The molecule has 1 unspecified atom stereocenters. The van der Waals surface area contributed by atoms with Gasteiger partial charge in [-0.05, 0) is 69.8 Å². The van der Waals surface area contributed by atoms with Gasteiger partial charge in [-0.25, -0.2) is 4.98 Å². The highest BCUT2D eigenvalue weighted by molar-refractivity contribution is 7.99. The van der Waals surface area contributed by atoms with Crippen molar-refractivity contribution in [1.29, 1.82) is 0 Å². The second-order valence-electron chi connectivity index (χ2n) is 9.49. The zero-order chi connectivity index (χ0) is 22.4. The summed E-state index contributed by atoms with van der Waals surface area (Å²) < 4.78 is 0. The van der Waals surface area contributed by atoms with E-state index in [0.717, 1.165) is 55.2 Å². The third-order valence-corrected chi connectivity index (χ3v) is 7.99. The molecule has 3 rings (SSSR count). The van der Waals surface area contributed by atoms with Gasteiger partial charge in [-0.2, -0.15) is 0 Å². The smallest absolute Gasteiger partial charge is 0.309 e. The number of carbonyl (C=O) groups is 2. The average Bonchev–Trinajstić information content (AvgIpc) is 2.78. The van der Waals surface area contributed by atoms with Crippen LogP contribution in [-0.4, -0.2) is 46.9 Å². The minimum atomic E-state index is -0.766. The van der Waals surface area contributed by atoms with Crippen molar-refractivity contribution in [3.63, 3.8) is 0 Å². The van der Waals surface area contributed by atoms with E-state index in [0.29, 0.717) is 12.1 Å². The molecular weight excluding hydrogens is 410 g/mol. The number of piperidine rings is 1. The van der Waals surface area contributed by atoms with Crippen LogP contribution in [-0.2, 0) is 4.79 Å². The van der Waals surface area contributed by atoms with Gasteiger partial charge in [-0.15, -0.1) is 11.8 Å². The van der Waals surface area contributed by atoms with Crippen LogP contribution >= 0.6 is 11.8 Å². The number of amides is 1. The highest BCUT2D eigenvalue weighted by atomic mass is 32.2. The highest BCUT2D eigenvalue weighted by Gasteiger charge is 2.39. The van der Waals surface area contributed by atoms with Gasteiger partial charge in [0.2, 0.25) is 0 Å². The average molecular weight is 448 g/mol. The number of carboxylic acid groups (broad SMARTS) is 1. The molecule has 7 heteroatoms. The summed E-state index contributed by atoms with van der Waals surface area (Å²) in [6.07, 6.45) is 8.62. The monoisotopic (exact) mass is 447 g/mol. The molecule has 1 aliphatic heterocycles. The Balaban J connectivity index is 1.78. The summed E-state index contributed by atoms with van der Waals surface area (Å²) in [7, 11) is 0. The number of aliphatic carboxylic acids is 1. The molecule has 0 radical (unpaired) electrons. The van der Waals surface area contributed by atoms with Crippen LogP contribution < -0.4 is 10.2 Å². The van der Waals surface area contributed by atoms with Crippen molar-refractivity contribution < 1.29 is 14.7 Å². The SMILES string of the molecule is CCCSc1nc(N2CCCC(C(C)(C)C(=O)O)C2)ccc1C(=O)NC1CCCCC1. The fourth-order valence-electron chi connectivity index (χ4n) is 4.55. The van der Waals surface area contributed by atoms with Crippen LogP contribution in [0.5, 0.6) is 0 Å². The van der Waals surface area contributed by atoms with Crippen LogP contribution in [0.3, 0.4) is 0 Å². The number of hydrogen-bond acceptors (Lipinski definition) is 5. The van der Waals surface area contributed by atoms with E-state index < -0.39 is 11.4 Å². The van der Waals surface area contributed by atoms with Gasteiger partial charge in [0.05, 0.1) is 11.0 Å². The van der Waals surface area contributed by atoms with Crippen LogP contribution in [0, 0.1) is 11.3 Å². The number of nitrogens with zero attached hydrogens (tertiary/aromatic N) is 2. The zero-order valence-electron chi connectivity index (χ0n) is 19.2. The van der Waals surface area contributed by atoms with Crippen molar-refractivity contribution >= 4 is 29.5 Å². The summed E-state index contributed by atoms with van der Waals surface area (Å²) in [5.74, 6) is 1.06. The number of pyridine rings is 1. The topological polar surface area (TPSA) is 82.5 Å². The van der Waals surface area contributed by atoms with E-state index in [1.807, 2.05) is 26.0 Å². The minimum Gasteiger partial charge on any atom is -0.481 e. The van der Waals surface area contributed by atoms with E-state index in [1.54, 1.807) is 11.8 Å². The van der Waals surface area contributed by atoms with E-state index in [4.69, 9.17) is 4.98 Å². The van der Waals surface area contributed by atoms with E-state index in [9.17, 15) is 14.7 Å². The van der Waals surface area contributed by atoms with Crippen molar-refractivity contribution in [1.82, 2.24) is 10.3 Å². The van der Waals surface area contributed by atoms with Crippen molar-refractivity contribution in [3.8, 4) is 0 Å². The molecule has 31 heavy (non-hydrogen) atoms. The Morgan fingerprint density at radius 1 is 1.19 bits per heavy atom. The third kappa shape index (κ3) is 5.93. The van der Waals surface area contributed by atoms with Crippen molar-refractivity contribution in [2.24, 2.45) is 11.3 Å². The first-order chi connectivity index (χ1) is 14.8. The van der Waals surface area contributed by atoms with Crippen molar-refractivity contribution in [3.05, 3.63) is 17.7 Å². The Morgan fingerprint density at radius 3 is 2.61 bits per heavy atom. The Bertz CT molecular complexity index is 777. The fourth-order valence-corrected chi connectivity index (χ4v) is 5.42. The molecule has 1 aromatic rings. The number of nitrogens with one attached hydrogen (secondary N) is 1. The number of carbonyl (C=O) groups excluding carboxylic acids is 1. The number of thioether (sulfide) groups is 1. The fraction of sp³-hybridized carbons (Fsp3) is 0.708. The number of rotatable bonds is 8. The van der Waals surface area contributed by atoms with Gasteiger partial charge < -0.3 is 15.3 Å². The molecule has 6 nitrogen and oxygen atoms in total. The quantitative estimate of drug-likeness (QED) is 0.547. The van der Waals surface area contributed by atoms with E-state index in [1.165, 1.54) is 19.3 Å². The summed E-state index contributed by atoms with van der Waals surface area (Å²) >= 11 is 1.63. The number of anilines is 1. The summed E-state index contributed by atoms with van der Waals surface area (Å²) in [4.78, 5) is 31.8. The van der Waals surface area contributed by atoms with Gasteiger partial charge in [0, 0.05) is 19.1 Å². The normalized spacial score (nSPS) is 20.5.